The van der Waals surface area contributed by atoms with Gasteiger partial charge in [0.1, 0.15) is 0 Å². The largest absolute Gasteiger partial charge is 0.453 e. The Labute approximate surface area is 140 Å². The van der Waals surface area contributed by atoms with E-state index in [4.69, 9.17) is 4.74 Å². The number of piperidine rings is 1. The number of rotatable bonds is 2. The molecule has 2 aliphatic rings. The molecule has 1 N–H and O–H groups in total. The smallest absolute Gasteiger partial charge is 0.409 e. The third kappa shape index (κ3) is 3.60. The molecular formula is C16H23N3O3S. The summed E-state index contributed by atoms with van der Waals surface area (Å²) in [6.45, 7) is 2.07. The van der Waals surface area contributed by atoms with Gasteiger partial charge in [-0.1, -0.05) is 0 Å². The van der Waals surface area contributed by atoms with Crippen molar-refractivity contribution in [2.75, 3.05) is 26.7 Å². The second kappa shape index (κ2) is 7.21. The third-order valence-corrected chi connectivity index (χ3v) is 5.40. The summed E-state index contributed by atoms with van der Waals surface area (Å²) in [5.74, 6) is 0. The minimum Gasteiger partial charge on any atom is -0.453 e. The quantitative estimate of drug-likeness (QED) is 0.903. The molecule has 1 aromatic rings. The molecule has 3 rings (SSSR count). The van der Waals surface area contributed by atoms with Crippen molar-refractivity contribution in [2.45, 2.75) is 37.8 Å². The van der Waals surface area contributed by atoms with E-state index in [9.17, 15) is 9.59 Å². The van der Waals surface area contributed by atoms with Gasteiger partial charge in [0.2, 0.25) is 0 Å². The lowest BCUT2D eigenvalue weighted by molar-refractivity contribution is 0.109. The number of ether oxygens (including phenoxy) is 1. The lowest BCUT2D eigenvalue weighted by atomic mass is 10.1. The Kier molecular flexibility index (Phi) is 5.05. The molecule has 2 fully saturated rings. The SMILES string of the molecule is COC(=O)N1CCC(NC(=O)N2CCCC2c2ccsc2)CC1. The van der Waals surface area contributed by atoms with Gasteiger partial charge in [-0.2, -0.15) is 11.3 Å². The number of urea groups is 1. The van der Waals surface area contributed by atoms with Crippen LogP contribution in [-0.2, 0) is 4.74 Å². The maximum atomic E-state index is 12.6. The zero-order valence-electron chi connectivity index (χ0n) is 13.4. The normalized spacial score (nSPS) is 22.2. The second-order valence-corrected chi connectivity index (χ2v) is 6.87. The molecule has 1 aromatic heterocycles. The van der Waals surface area contributed by atoms with E-state index in [1.165, 1.54) is 12.7 Å². The van der Waals surface area contributed by atoms with Gasteiger partial charge < -0.3 is 19.9 Å². The molecule has 1 atom stereocenters. The Morgan fingerprint density at radius 1 is 1.26 bits per heavy atom. The monoisotopic (exact) mass is 337 g/mol. The summed E-state index contributed by atoms with van der Waals surface area (Å²) >= 11 is 1.67. The number of methoxy groups -OCH3 is 1. The summed E-state index contributed by atoms with van der Waals surface area (Å²) in [4.78, 5) is 27.7. The molecule has 3 amide bonds. The number of nitrogens with zero attached hydrogens (tertiary/aromatic N) is 2. The third-order valence-electron chi connectivity index (χ3n) is 4.70. The van der Waals surface area contributed by atoms with Crippen LogP contribution in [0.5, 0.6) is 0 Å². The van der Waals surface area contributed by atoms with Gasteiger partial charge in [-0.15, -0.1) is 0 Å². The summed E-state index contributed by atoms with van der Waals surface area (Å²) in [7, 11) is 1.40. The van der Waals surface area contributed by atoms with Crippen LogP contribution in [0.2, 0.25) is 0 Å². The first-order valence-electron chi connectivity index (χ1n) is 8.11. The van der Waals surface area contributed by atoms with Crippen molar-refractivity contribution in [3.05, 3.63) is 22.4 Å². The fourth-order valence-corrected chi connectivity index (χ4v) is 4.12. The van der Waals surface area contributed by atoms with Crippen LogP contribution in [0.1, 0.15) is 37.3 Å². The molecule has 2 aliphatic heterocycles. The molecule has 2 saturated heterocycles. The number of nitrogens with one attached hydrogen (secondary N) is 1. The van der Waals surface area contributed by atoms with E-state index in [1.807, 2.05) is 4.90 Å². The van der Waals surface area contributed by atoms with Gasteiger partial charge >= 0.3 is 12.1 Å². The van der Waals surface area contributed by atoms with Gasteiger partial charge in [0.25, 0.3) is 0 Å². The molecule has 0 aromatic carbocycles. The van der Waals surface area contributed by atoms with Gasteiger partial charge in [-0.05, 0) is 48.1 Å². The van der Waals surface area contributed by atoms with Crippen LogP contribution in [0.25, 0.3) is 0 Å². The molecule has 1 unspecified atom stereocenters. The van der Waals surface area contributed by atoms with Crippen molar-refractivity contribution in [2.24, 2.45) is 0 Å². The average molecular weight is 337 g/mol. The number of carbonyl (C=O) groups is 2. The lowest BCUT2D eigenvalue weighted by Crippen LogP contribution is -2.50. The highest BCUT2D eigenvalue weighted by Gasteiger charge is 2.32. The second-order valence-electron chi connectivity index (χ2n) is 6.09. The molecule has 0 bridgehead atoms. The predicted octanol–water partition coefficient (Wildman–Crippen LogP) is 2.83. The minimum absolute atomic E-state index is 0.0234. The van der Waals surface area contributed by atoms with Crippen LogP contribution in [0.4, 0.5) is 9.59 Å². The van der Waals surface area contributed by atoms with E-state index >= 15 is 0 Å². The molecule has 0 spiro atoms. The van der Waals surface area contributed by atoms with Crippen LogP contribution in [-0.4, -0.2) is 54.7 Å². The van der Waals surface area contributed by atoms with Crippen LogP contribution < -0.4 is 5.32 Å². The van der Waals surface area contributed by atoms with E-state index in [1.54, 1.807) is 16.2 Å². The summed E-state index contributed by atoms with van der Waals surface area (Å²) in [5.41, 5.74) is 1.24. The zero-order valence-corrected chi connectivity index (χ0v) is 14.2. The number of hydrogen-bond donors (Lipinski definition) is 1. The molecule has 0 radical (unpaired) electrons. The lowest BCUT2D eigenvalue weighted by Gasteiger charge is -2.33. The van der Waals surface area contributed by atoms with Crippen molar-refractivity contribution < 1.29 is 14.3 Å². The topological polar surface area (TPSA) is 61.9 Å². The van der Waals surface area contributed by atoms with Crippen molar-refractivity contribution in [3.63, 3.8) is 0 Å². The molecular weight excluding hydrogens is 314 g/mol. The van der Waals surface area contributed by atoms with Crippen LogP contribution >= 0.6 is 11.3 Å². The van der Waals surface area contributed by atoms with Crippen molar-refractivity contribution in [1.29, 1.82) is 0 Å². The number of carbonyl (C=O) groups excluding carboxylic acids is 2. The van der Waals surface area contributed by atoms with E-state index in [0.717, 1.165) is 32.2 Å². The van der Waals surface area contributed by atoms with E-state index in [2.05, 4.69) is 22.1 Å². The van der Waals surface area contributed by atoms with E-state index < -0.39 is 0 Å². The van der Waals surface area contributed by atoms with Gasteiger partial charge in [0.15, 0.2) is 0 Å². The predicted molar refractivity (Wildman–Crippen MR) is 88.5 cm³/mol. The minimum atomic E-state index is -0.285. The van der Waals surface area contributed by atoms with Crippen LogP contribution in [0, 0.1) is 0 Å². The summed E-state index contributed by atoms with van der Waals surface area (Å²) in [6, 6.07) is 2.47. The highest BCUT2D eigenvalue weighted by Crippen LogP contribution is 2.33. The summed E-state index contributed by atoms with van der Waals surface area (Å²) in [5, 5.41) is 7.33. The highest BCUT2D eigenvalue weighted by atomic mass is 32.1. The van der Waals surface area contributed by atoms with Gasteiger partial charge in [-0.25, -0.2) is 9.59 Å². The first-order chi connectivity index (χ1) is 11.2. The fraction of sp³-hybridized carbons (Fsp3) is 0.625. The number of amides is 3. The Morgan fingerprint density at radius 2 is 2.04 bits per heavy atom. The van der Waals surface area contributed by atoms with Crippen molar-refractivity contribution in [1.82, 2.24) is 15.1 Å². The molecule has 3 heterocycles. The Hall–Kier alpha value is -1.76. The molecule has 0 saturated carbocycles. The number of likely N-dealkylation sites (tertiary alicyclic amines) is 2. The maximum absolute atomic E-state index is 12.6. The first-order valence-corrected chi connectivity index (χ1v) is 9.05. The fourth-order valence-electron chi connectivity index (χ4n) is 3.41. The van der Waals surface area contributed by atoms with Gasteiger partial charge in [-0.3, -0.25) is 0 Å². The van der Waals surface area contributed by atoms with Gasteiger partial charge in [0, 0.05) is 25.7 Å². The molecule has 6 nitrogen and oxygen atoms in total. The Balaban J connectivity index is 1.52. The first kappa shape index (κ1) is 16.1. The van der Waals surface area contributed by atoms with Crippen LogP contribution in [0.3, 0.4) is 0 Å². The Morgan fingerprint density at radius 3 is 2.70 bits per heavy atom. The summed E-state index contributed by atoms with van der Waals surface area (Å²) in [6.07, 6.45) is 3.35. The standard InChI is InChI=1S/C16H23N3O3S/c1-22-16(21)18-8-4-13(5-9-18)17-15(20)19-7-2-3-14(19)12-6-10-23-11-12/h6,10-11,13-14H,2-5,7-9H2,1H3,(H,17,20). The highest BCUT2D eigenvalue weighted by molar-refractivity contribution is 7.07. The zero-order chi connectivity index (χ0) is 16.2. The molecule has 23 heavy (non-hydrogen) atoms. The summed E-state index contributed by atoms with van der Waals surface area (Å²) < 4.78 is 4.74. The van der Waals surface area contributed by atoms with Gasteiger partial charge in [0.05, 0.1) is 13.2 Å². The average Bonchev–Trinajstić information content (AvgIpc) is 3.25. The van der Waals surface area contributed by atoms with Crippen molar-refractivity contribution in [3.8, 4) is 0 Å². The number of thiophene rings is 1. The molecule has 126 valence electrons. The Bertz CT molecular complexity index is 541. The molecule has 7 heteroatoms. The molecule has 0 aliphatic carbocycles. The van der Waals surface area contributed by atoms with E-state index in [0.29, 0.717) is 13.1 Å². The van der Waals surface area contributed by atoms with Crippen molar-refractivity contribution >= 4 is 23.5 Å². The number of hydrogen-bond acceptors (Lipinski definition) is 4. The van der Waals surface area contributed by atoms with E-state index in [-0.39, 0.29) is 24.2 Å². The maximum Gasteiger partial charge on any atom is 0.409 e. The van der Waals surface area contributed by atoms with Crippen LogP contribution in [0.15, 0.2) is 16.8 Å².